The molecule has 0 aromatic heterocycles. The van der Waals surface area contributed by atoms with Crippen LogP contribution in [0.5, 0.6) is 11.5 Å². The van der Waals surface area contributed by atoms with Crippen molar-refractivity contribution in [1.82, 2.24) is 0 Å². The summed E-state index contributed by atoms with van der Waals surface area (Å²) in [4.78, 5) is 12.8. The number of hydrogen-bond donors (Lipinski definition) is 0. The Bertz CT molecular complexity index is 525. The second-order valence-electron chi connectivity index (χ2n) is 3.61. The third-order valence-corrected chi connectivity index (χ3v) is 2.46. The molecule has 0 radical (unpaired) electrons. The average Bonchev–Trinajstić information content (AvgIpc) is 2.30. The maximum atomic E-state index is 10.9. The minimum absolute atomic E-state index is 0.137. The summed E-state index contributed by atoms with van der Waals surface area (Å²) in [5.41, 5.74) is 8.06. The monoisotopic (exact) mass is 250 g/mol. The molecule has 1 heterocycles. The van der Waals surface area contributed by atoms with Gasteiger partial charge < -0.3 is 9.47 Å². The van der Waals surface area contributed by atoms with Gasteiger partial charge in [-0.3, -0.25) is 10.1 Å². The highest BCUT2D eigenvalue weighted by Gasteiger charge is 2.23. The molecule has 18 heavy (non-hydrogen) atoms. The fourth-order valence-electron chi connectivity index (χ4n) is 1.64. The van der Waals surface area contributed by atoms with Crippen LogP contribution in [0.15, 0.2) is 17.2 Å². The topological polar surface area (TPSA) is 110 Å². The number of benzene rings is 1. The molecule has 0 aliphatic carbocycles. The Hall–Kier alpha value is -2.47. The van der Waals surface area contributed by atoms with Crippen molar-refractivity contribution in [2.24, 2.45) is 5.11 Å². The zero-order chi connectivity index (χ0) is 13.0. The predicted octanol–water partition coefficient (Wildman–Crippen LogP) is 3.09. The van der Waals surface area contributed by atoms with E-state index in [0.717, 1.165) is 12.8 Å². The van der Waals surface area contributed by atoms with Gasteiger partial charge in [0.25, 0.3) is 5.69 Å². The van der Waals surface area contributed by atoms with Crippen LogP contribution in [-0.4, -0.2) is 18.1 Å². The van der Waals surface area contributed by atoms with Crippen molar-refractivity contribution >= 4 is 11.4 Å². The standard InChI is InChI=1S/C10H10N4O4/c11-13-12-9-7(14(15)16)3-4-8-10(9)18-6-2-1-5-17-8/h3-4H,1-2,5-6H2. The summed E-state index contributed by atoms with van der Waals surface area (Å²) in [6.45, 7) is 0.912. The molecule has 2 rings (SSSR count). The Morgan fingerprint density at radius 1 is 1.33 bits per heavy atom. The predicted molar refractivity (Wildman–Crippen MR) is 62.1 cm³/mol. The molecule has 0 bridgehead atoms. The van der Waals surface area contributed by atoms with E-state index in [1.807, 2.05) is 0 Å². The van der Waals surface area contributed by atoms with Gasteiger partial charge in [-0.15, -0.1) is 0 Å². The largest absolute Gasteiger partial charge is 0.490 e. The van der Waals surface area contributed by atoms with Gasteiger partial charge in [0.05, 0.1) is 18.1 Å². The second-order valence-corrected chi connectivity index (χ2v) is 3.61. The van der Waals surface area contributed by atoms with E-state index in [-0.39, 0.29) is 17.1 Å². The number of azide groups is 1. The number of fused-ring (bicyclic) bond motifs is 1. The first-order chi connectivity index (χ1) is 8.74. The molecule has 1 aliphatic heterocycles. The van der Waals surface area contributed by atoms with E-state index in [0.29, 0.717) is 19.0 Å². The zero-order valence-electron chi connectivity index (χ0n) is 9.40. The van der Waals surface area contributed by atoms with Crippen LogP contribution >= 0.6 is 0 Å². The molecule has 8 nitrogen and oxygen atoms in total. The van der Waals surface area contributed by atoms with Gasteiger partial charge >= 0.3 is 0 Å². The lowest BCUT2D eigenvalue weighted by Gasteiger charge is -2.17. The first-order valence-electron chi connectivity index (χ1n) is 5.36. The number of nitrogens with zero attached hydrogens (tertiary/aromatic N) is 4. The summed E-state index contributed by atoms with van der Waals surface area (Å²) in [7, 11) is 0. The highest BCUT2D eigenvalue weighted by Crippen LogP contribution is 2.44. The second kappa shape index (κ2) is 5.24. The number of nitro benzene ring substituents is 1. The summed E-state index contributed by atoms with van der Waals surface area (Å²) in [5.74, 6) is 0.504. The van der Waals surface area contributed by atoms with Gasteiger partial charge in [-0.05, 0) is 29.6 Å². The van der Waals surface area contributed by atoms with E-state index in [4.69, 9.17) is 15.0 Å². The van der Waals surface area contributed by atoms with Crippen LogP contribution in [0, 0.1) is 10.1 Å². The highest BCUT2D eigenvalue weighted by molar-refractivity contribution is 5.71. The Morgan fingerprint density at radius 2 is 2.06 bits per heavy atom. The normalized spacial score (nSPS) is 14.0. The SMILES string of the molecule is [N-]=[N+]=Nc1c([N+](=O)[O-])ccc2c1OCCCCO2. The molecule has 1 aliphatic rings. The van der Waals surface area contributed by atoms with Crippen LogP contribution in [0.3, 0.4) is 0 Å². The fourth-order valence-corrected chi connectivity index (χ4v) is 1.64. The lowest BCUT2D eigenvalue weighted by atomic mass is 10.2. The summed E-state index contributed by atoms with van der Waals surface area (Å²) in [5, 5.41) is 14.2. The third-order valence-electron chi connectivity index (χ3n) is 2.46. The first kappa shape index (κ1) is 12.0. The summed E-state index contributed by atoms with van der Waals surface area (Å²) >= 11 is 0. The molecule has 8 heteroatoms. The van der Waals surface area contributed by atoms with Crippen molar-refractivity contribution in [1.29, 1.82) is 0 Å². The Balaban J connectivity index is 2.58. The van der Waals surface area contributed by atoms with Crippen molar-refractivity contribution in [3.63, 3.8) is 0 Å². The third kappa shape index (κ3) is 2.28. The van der Waals surface area contributed by atoms with Crippen LogP contribution in [0.1, 0.15) is 12.8 Å². The van der Waals surface area contributed by atoms with Crippen LogP contribution in [-0.2, 0) is 0 Å². The van der Waals surface area contributed by atoms with E-state index >= 15 is 0 Å². The summed E-state index contributed by atoms with van der Waals surface area (Å²) in [6, 6.07) is 2.70. The van der Waals surface area contributed by atoms with Gasteiger partial charge in [0.1, 0.15) is 0 Å². The fraction of sp³-hybridized carbons (Fsp3) is 0.400. The molecule has 1 aromatic rings. The minimum atomic E-state index is -0.619. The van der Waals surface area contributed by atoms with Crippen LogP contribution in [0.4, 0.5) is 11.4 Å². The van der Waals surface area contributed by atoms with Crippen molar-refractivity contribution in [3.05, 3.63) is 32.7 Å². The molecular formula is C10H10N4O4. The molecule has 0 spiro atoms. The number of hydrogen-bond acceptors (Lipinski definition) is 5. The van der Waals surface area contributed by atoms with Crippen molar-refractivity contribution < 1.29 is 14.4 Å². The molecule has 0 fully saturated rings. The van der Waals surface area contributed by atoms with E-state index in [2.05, 4.69) is 10.0 Å². The van der Waals surface area contributed by atoms with Gasteiger partial charge in [0.2, 0.25) is 0 Å². The molecular weight excluding hydrogens is 240 g/mol. The summed E-state index contributed by atoms with van der Waals surface area (Å²) in [6.07, 6.45) is 1.62. The van der Waals surface area contributed by atoms with Gasteiger partial charge in [-0.1, -0.05) is 0 Å². The maximum Gasteiger partial charge on any atom is 0.283 e. The molecule has 1 aromatic carbocycles. The maximum absolute atomic E-state index is 10.9. The lowest BCUT2D eigenvalue weighted by Crippen LogP contribution is -2.08. The molecule has 0 unspecified atom stereocenters. The molecule has 94 valence electrons. The summed E-state index contributed by atoms with van der Waals surface area (Å²) < 4.78 is 10.8. The quantitative estimate of drug-likeness (QED) is 0.264. The van der Waals surface area contributed by atoms with E-state index < -0.39 is 4.92 Å². The van der Waals surface area contributed by atoms with Crippen LogP contribution in [0.25, 0.3) is 10.4 Å². The number of rotatable bonds is 2. The molecule has 0 amide bonds. The zero-order valence-corrected chi connectivity index (χ0v) is 9.40. The molecule has 0 saturated carbocycles. The van der Waals surface area contributed by atoms with Crippen molar-refractivity contribution in [2.75, 3.05) is 13.2 Å². The minimum Gasteiger partial charge on any atom is -0.490 e. The smallest absolute Gasteiger partial charge is 0.283 e. The van der Waals surface area contributed by atoms with Gasteiger partial charge in [0, 0.05) is 11.0 Å². The van der Waals surface area contributed by atoms with E-state index in [9.17, 15) is 10.1 Å². The Kier molecular flexibility index (Phi) is 3.49. The molecule has 0 atom stereocenters. The Labute approximate surface area is 102 Å². The highest BCUT2D eigenvalue weighted by atomic mass is 16.6. The number of nitro groups is 1. The van der Waals surface area contributed by atoms with Crippen LogP contribution in [0.2, 0.25) is 0 Å². The average molecular weight is 250 g/mol. The Morgan fingerprint density at radius 3 is 2.72 bits per heavy atom. The first-order valence-corrected chi connectivity index (χ1v) is 5.36. The van der Waals surface area contributed by atoms with Gasteiger partial charge in [-0.25, -0.2) is 0 Å². The van der Waals surface area contributed by atoms with Gasteiger partial charge in [0.15, 0.2) is 17.2 Å². The molecule has 0 saturated heterocycles. The van der Waals surface area contributed by atoms with Crippen LogP contribution < -0.4 is 9.47 Å². The van der Waals surface area contributed by atoms with E-state index in [1.165, 1.54) is 12.1 Å². The number of ether oxygens (including phenoxy) is 2. The lowest BCUT2D eigenvalue weighted by molar-refractivity contribution is -0.384. The molecule has 0 N–H and O–H groups in total. The van der Waals surface area contributed by atoms with E-state index in [1.54, 1.807) is 0 Å². The van der Waals surface area contributed by atoms with Gasteiger partial charge in [-0.2, -0.15) is 0 Å². The van der Waals surface area contributed by atoms with Crippen molar-refractivity contribution in [3.8, 4) is 11.5 Å². The van der Waals surface area contributed by atoms with Crippen molar-refractivity contribution in [2.45, 2.75) is 12.8 Å².